The molecule has 3 heterocycles. The highest BCUT2D eigenvalue weighted by atomic mass is 16.3. The van der Waals surface area contributed by atoms with Crippen LogP contribution in [-0.2, 0) is 0 Å². The normalized spacial score (nSPS) is 12.0. The predicted octanol–water partition coefficient (Wildman–Crippen LogP) is 15.0. The third-order valence-electron chi connectivity index (χ3n) is 12.1. The van der Waals surface area contributed by atoms with Crippen LogP contribution in [-0.4, -0.2) is 15.0 Å². The second-order valence-corrected chi connectivity index (χ2v) is 15.5. The summed E-state index contributed by atoms with van der Waals surface area (Å²) in [5, 5.41) is 13.3. The molecule has 0 bridgehead atoms. The molecule has 0 aliphatic carbocycles. The van der Waals surface area contributed by atoms with Crippen LogP contribution >= 0.6 is 0 Å². The zero-order valence-corrected chi connectivity index (χ0v) is 32.1. The van der Waals surface area contributed by atoms with E-state index in [4.69, 9.17) is 23.8 Å². The summed E-state index contributed by atoms with van der Waals surface area (Å²) in [5.41, 5.74) is 8.48. The lowest BCUT2D eigenvalue weighted by Gasteiger charge is -2.14. The molecule has 0 unspecified atom stereocenters. The second-order valence-electron chi connectivity index (χ2n) is 15.5. The number of para-hydroxylation sites is 2. The van der Waals surface area contributed by atoms with Crippen molar-refractivity contribution in [2.24, 2.45) is 0 Å². The molecular formula is C55H31N3O2. The Kier molecular flexibility index (Phi) is 6.95. The monoisotopic (exact) mass is 765 g/mol. The summed E-state index contributed by atoms with van der Waals surface area (Å²) in [6.45, 7) is 0. The molecule has 0 saturated carbocycles. The van der Waals surface area contributed by atoms with Gasteiger partial charge in [-0.25, -0.2) is 15.0 Å². The van der Waals surface area contributed by atoms with E-state index in [1.54, 1.807) is 0 Å². The highest BCUT2D eigenvalue weighted by molar-refractivity contribution is 6.20. The van der Waals surface area contributed by atoms with E-state index in [0.29, 0.717) is 17.5 Å². The Balaban J connectivity index is 1.08. The lowest BCUT2D eigenvalue weighted by molar-refractivity contribution is 0.668. The fourth-order valence-corrected chi connectivity index (χ4v) is 9.41. The molecule has 13 rings (SSSR count). The standard InChI is InChI=1S/C55H31N3O2/c1-2-13-35-33(12-1)30-46(40-15-4-3-14-36(35)40)55-57-53(34-27-26-32-28-29-50-52(45(32)31-34)44-17-6-8-24-48(44)60-50)56-54(58-55)42-22-10-18-37-38(19-9-20-39(37)42)41-21-11-25-49-51(41)43-16-5-7-23-47(43)59-49/h1-31H. The number of aromatic nitrogens is 3. The molecule has 0 fully saturated rings. The van der Waals surface area contributed by atoms with Crippen molar-refractivity contribution in [3.8, 4) is 45.3 Å². The summed E-state index contributed by atoms with van der Waals surface area (Å²) in [6.07, 6.45) is 0. The maximum atomic E-state index is 6.32. The fraction of sp³-hybridized carbons (Fsp3) is 0. The Hall–Kier alpha value is -8.15. The Morgan fingerprint density at radius 1 is 0.267 bits per heavy atom. The van der Waals surface area contributed by atoms with Gasteiger partial charge in [0.05, 0.1) is 0 Å². The van der Waals surface area contributed by atoms with Crippen LogP contribution in [0.15, 0.2) is 197 Å². The summed E-state index contributed by atoms with van der Waals surface area (Å²) in [6, 6.07) is 65.7. The molecule has 0 amide bonds. The van der Waals surface area contributed by atoms with E-state index in [0.717, 1.165) is 109 Å². The third kappa shape index (κ3) is 4.90. The fourth-order valence-electron chi connectivity index (χ4n) is 9.41. The first-order chi connectivity index (χ1) is 29.7. The minimum atomic E-state index is 0.599. The van der Waals surface area contributed by atoms with Crippen molar-refractivity contribution in [3.05, 3.63) is 188 Å². The van der Waals surface area contributed by atoms with Gasteiger partial charge >= 0.3 is 0 Å². The van der Waals surface area contributed by atoms with Gasteiger partial charge in [0, 0.05) is 38.2 Å². The van der Waals surface area contributed by atoms with Gasteiger partial charge in [-0.3, -0.25) is 0 Å². The van der Waals surface area contributed by atoms with Crippen molar-refractivity contribution in [3.63, 3.8) is 0 Å². The summed E-state index contributed by atoms with van der Waals surface area (Å²) >= 11 is 0. The van der Waals surface area contributed by atoms with E-state index in [1.807, 2.05) is 30.3 Å². The number of fused-ring (bicyclic) bond motifs is 12. The lowest BCUT2D eigenvalue weighted by Crippen LogP contribution is -2.01. The van der Waals surface area contributed by atoms with Gasteiger partial charge in [0.1, 0.15) is 22.3 Å². The Labute approximate surface area is 342 Å². The van der Waals surface area contributed by atoms with Crippen molar-refractivity contribution in [2.75, 3.05) is 0 Å². The van der Waals surface area contributed by atoms with Crippen molar-refractivity contribution in [2.45, 2.75) is 0 Å². The first kappa shape index (κ1) is 32.9. The molecule has 3 aromatic heterocycles. The summed E-state index contributed by atoms with van der Waals surface area (Å²) in [4.78, 5) is 16.1. The number of nitrogens with zero attached hydrogens (tertiary/aromatic N) is 3. The van der Waals surface area contributed by atoms with Crippen LogP contribution < -0.4 is 0 Å². The van der Waals surface area contributed by atoms with Crippen LogP contribution in [0, 0.1) is 0 Å². The van der Waals surface area contributed by atoms with Crippen molar-refractivity contribution in [1.29, 1.82) is 0 Å². The van der Waals surface area contributed by atoms with Gasteiger partial charge in [0.2, 0.25) is 0 Å². The van der Waals surface area contributed by atoms with E-state index < -0.39 is 0 Å². The highest BCUT2D eigenvalue weighted by Crippen LogP contribution is 2.42. The van der Waals surface area contributed by atoms with Gasteiger partial charge in [-0.1, -0.05) is 152 Å². The van der Waals surface area contributed by atoms with Gasteiger partial charge in [0.25, 0.3) is 0 Å². The molecule has 10 aromatic carbocycles. The maximum Gasteiger partial charge on any atom is 0.164 e. The number of hydrogen-bond donors (Lipinski definition) is 0. The van der Waals surface area contributed by atoms with Gasteiger partial charge in [-0.05, 0) is 90.6 Å². The molecule has 0 aliphatic rings. The summed E-state index contributed by atoms with van der Waals surface area (Å²) in [7, 11) is 0. The van der Waals surface area contributed by atoms with Crippen LogP contribution in [0.1, 0.15) is 0 Å². The van der Waals surface area contributed by atoms with E-state index >= 15 is 0 Å². The second kappa shape index (κ2) is 12.7. The van der Waals surface area contributed by atoms with Crippen molar-refractivity contribution < 1.29 is 8.83 Å². The minimum Gasteiger partial charge on any atom is -0.456 e. The first-order valence-corrected chi connectivity index (χ1v) is 20.2. The number of rotatable bonds is 4. The quantitative estimate of drug-likeness (QED) is 0.167. The Morgan fingerprint density at radius 3 is 1.58 bits per heavy atom. The van der Waals surface area contributed by atoms with Crippen LogP contribution in [0.4, 0.5) is 0 Å². The maximum absolute atomic E-state index is 6.32. The average Bonchev–Trinajstić information content (AvgIpc) is 3.90. The SMILES string of the molecule is c1ccc2c(c1)cc(-c1nc(-c3ccc4ccc5oc6ccccc6c5c4c3)nc(-c3cccc4c(-c5cccc6oc7ccccc7c56)cccc34)n1)c1ccccc12. The number of benzene rings is 10. The summed E-state index contributed by atoms with van der Waals surface area (Å²) < 4.78 is 12.6. The van der Waals surface area contributed by atoms with E-state index in [1.165, 1.54) is 5.39 Å². The van der Waals surface area contributed by atoms with Crippen molar-refractivity contribution in [1.82, 2.24) is 15.0 Å². The smallest absolute Gasteiger partial charge is 0.164 e. The first-order valence-electron chi connectivity index (χ1n) is 20.2. The molecule has 0 saturated heterocycles. The van der Waals surface area contributed by atoms with E-state index in [2.05, 4.69) is 158 Å². The lowest BCUT2D eigenvalue weighted by atomic mass is 9.92. The Bertz CT molecular complexity index is 3910. The molecule has 0 N–H and O–H groups in total. The van der Waals surface area contributed by atoms with Crippen LogP contribution in [0.5, 0.6) is 0 Å². The molecular weight excluding hydrogens is 735 g/mol. The molecule has 0 aliphatic heterocycles. The topological polar surface area (TPSA) is 65.0 Å². The zero-order chi connectivity index (χ0) is 39.3. The zero-order valence-electron chi connectivity index (χ0n) is 32.1. The van der Waals surface area contributed by atoms with Crippen LogP contribution in [0.3, 0.4) is 0 Å². The van der Waals surface area contributed by atoms with Crippen LogP contribution in [0.2, 0.25) is 0 Å². The van der Waals surface area contributed by atoms with Gasteiger partial charge in [-0.15, -0.1) is 0 Å². The molecule has 0 radical (unpaired) electrons. The van der Waals surface area contributed by atoms with E-state index in [9.17, 15) is 0 Å². The van der Waals surface area contributed by atoms with E-state index in [-0.39, 0.29) is 0 Å². The van der Waals surface area contributed by atoms with Crippen molar-refractivity contribution >= 4 is 87.0 Å². The highest BCUT2D eigenvalue weighted by Gasteiger charge is 2.20. The number of furan rings is 2. The largest absolute Gasteiger partial charge is 0.456 e. The summed E-state index contributed by atoms with van der Waals surface area (Å²) in [5.74, 6) is 1.82. The van der Waals surface area contributed by atoms with Crippen LogP contribution in [0.25, 0.3) is 132 Å². The third-order valence-corrected chi connectivity index (χ3v) is 12.1. The van der Waals surface area contributed by atoms with Gasteiger partial charge in [-0.2, -0.15) is 0 Å². The minimum absolute atomic E-state index is 0.599. The van der Waals surface area contributed by atoms with Gasteiger partial charge < -0.3 is 8.83 Å². The molecule has 13 aromatic rings. The predicted molar refractivity (Wildman–Crippen MR) is 246 cm³/mol. The molecule has 60 heavy (non-hydrogen) atoms. The number of hydrogen-bond acceptors (Lipinski definition) is 5. The average molecular weight is 766 g/mol. The Morgan fingerprint density at radius 2 is 0.783 bits per heavy atom. The molecule has 0 atom stereocenters. The molecule has 5 heteroatoms. The molecule has 0 spiro atoms. The van der Waals surface area contributed by atoms with Gasteiger partial charge in [0.15, 0.2) is 17.5 Å². The molecule has 278 valence electrons. The molecule has 5 nitrogen and oxygen atoms in total.